The predicted molar refractivity (Wildman–Crippen MR) is 130 cm³/mol. The molecule has 2 aromatic rings. The van der Waals surface area contributed by atoms with Gasteiger partial charge in [0.15, 0.2) is 0 Å². The first-order chi connectivity index (χ1) is 16.8. The zero-order chi connectivity index (χ0) is 25.4. The van der Waals surface area contributed by atoms with Crippen LogP contribution < -0.4 is 22.1 Å². The van der Waals surface area contributed by atoms with Crippen molar-refractivity contribution >= 4 is 34.6 Å². The first-order valence-electron chi connectivity index (χ1n) is 11.9. The normalized spacial score (nSPS) is 17.2. The van der Waals surface area contributed by atoms with E-state index in [2.05, 4.69) is 15.6 Å². The quantitative estimate of drug-likeness (QED) is 0.225. The van der Waals surface area contributed by atoms with Gasteiger partial charge in [-0.1, -0.05) is 18.2 Å². The number of carbonyl (C=O) groups excluding carboxylic acids is 3. The summed E-state index contributed by atoms with van der Waals surface area (Å²) in [6.45, 7) is 0.485. The number of nitrogens with zero attached hydrogens (tertiary/aromatic N) is 1. The molecule has 1 aromatic heterocycles. The van der Waals surface area contributed by atoms with Crippen molar-refractivity contribution in [3.63, 3.8) is 0 Å². The molecule has 3 unspecified atom stereocenters. The Morgan fingerprint density at radius 3 is 2.60 bits per heavy atom. The van der Waals surface area contributed by atoms with Crippen LogP contribution in [0.15, 0.2) is 30.5 Å². The van der Waals surface area contributed by atoms with Crippen LogP contribution in [0.5, 0.6) is 0 Å². The van der Waals surface area contributed by atoms with E-state index in [1.165, 1.54) is 4.90 Å². The Bertz CT molecular complexity index is 1050. The average Bonchev–Trinajstić information content (AvgIpc) is 3.50. The highest BCUT2D eigenvalue weighted by Gasteiger charge is 2.38. The monoisotopic (exact) mass is 486 g/mol. The van der Waals surface area contributed by atoms with Gasteiger partial charge < -0.3 is 37.1 Å². The van der Waals surface area contributed by atoms with Gasteiger partial charge in [0.2, 0.25) is 17.7 Å². The first-order valence-corrected chi connectivity index (χ1v) is 11.9. The molecule has 3 rings (SSSR count). The number of aromatic nitrogens is 1. The second kappa shape index (κ2) is 12.3. The zero-order valence-electron chi connectivity index (χ0n) is 19.7. The van der Waals surface area contributed by atoms with E-state index < -0.39 is 41.8 Å². The molecule has 3 amide bonds. The molecule has 1 saturated heterocycles. The molecule has 0 saturated carbocycles. The highest BCUT2D eigenvalue weighted by atomic mass is 16.4. The molecule has 1 aliphatic heterocycles. The van der Waals surface area contributed by atoms with Crippen molar-refractivity contribution in [1.82, 2.24) is 20.5 Å². The third kappa shape index (κ3) is 6.58. The number of carbonyl (C=O) groups is 4. The highest BCUT2D eigenvalue weighted by molar-refractivity contribution is 5.94. The summed E-state index contributed by atoms with van der Waals surface area (Å²) >= 11 is 0. The number of aliphatic carboxylic acids is 1. The van der Waals surface area contributed by atoms with Crippen molar-refractivity contribution < 1.29 is 24.3 Å². The third-order valence-electron chi connectivity index (χ3n) is 6.32. The van der Waals surface area contributed by atoms with Crippen LogP contribution in [0.4, 0.5) is 0 Å². The second-order valence-corrected chi connectivity index (χ2v) is 8.76. The number of amides is 3. The molecule has 35 heavy (non-hydrogen) atoms. The van der Waals surface area contributed by atoms with Gasteiger partial charge in [0.05, 0.1) is 6.54 Å². The number of hydrogen-bond acceptors (Lipinski definition) is 6. The molecule has 0 radical (unpaired) electrons. The van der Waals surface area contributed by atoms with Gasteiger partial charge in [0.25, 0.3) is 0 Å². The van der Waals surface area contributed by atoms with Gasteiger partial charge in [-0.25, -0.2) is 4.79 Å². The van der Waals surface area contributed by atoms with Gasteiger partial charge in [-0.05, 0) is 50.3 Å². The van der Waals surface area contributed by atoms with E-state index in [9.17, 15) is 24.3 Å². The van der Waals surface area contributed by atoms with E-state index in [0.717, 1.165) is 16.5 Å². The fourth-order valence-electron chi connectivity index (χ4n) is 4.50. The van der Waals surface area contributed by atoms with Gasteiger partial charge >= 0.3 is 5.97 Å². The Labute approximate surface area is 203 Å². The average molecular weight is 487 g/mol. The Kier molecular flexibility index (Phi) is 9.21. The lowest BCUT2D eigenvalue weighted by molar-refractivity contribution is -0.149. The van der Waals surface area contributed by atoms with Gasteiger partial charge in [-0.3, -0.25) is 14.4 Å². The minimum absolute atomic E-state index is 0.164. The number of benzene rings is 1. The Balaban J connectivity index is 1.85. The van der Waals surface area contributed by atoms with Crippen LogP contribution in [-0.2, 0) is 25.6 Å². The molecule has 1 aromatic carbocycles. The van der Waals surface area contributed by atoms with Crippen molar-refractivity contribution in [2.24, 2.45) is 11.5 Å². The fraction of sp³-hybridized carbons (Fsp3) is 0.500. The molecular weight excluding hydrogens is 452 g/mol. The van der Waals surface area contributed by atoms with Crippen LogP contribution in [0.1, 0.15) is 37.7 Å². The molecule has 0 spiro atoms. The highest BCUT2D eigenvalue weighted by Crippen LogP contribution is 2.23. The van der Waals surface area contributed by atoms with E-state index in [4.69, 9.17) is 11.5 Å². The van der Waals surface area contributed by atoms with E-state index in [-0.39, 0.29) is 13.0 Å². The zero-order valence-corrected chi connectivity index (χ0v) is 19.7. The molecule has 1 fully saturated rings. The number of rotatable bonds is 12. The minimum Gasteiger partial charge on any atom is -0.480 e. The van der Waals surface area contributed by atoms with Crippen LogP contribution in [0.25, 0.3) is 10.9 Å². The smallest absolute Gasteiger partial charge is 0.326 e. The molecular formula is C24H34N6O5. The predicted octanol–water partition coefficient (Wildman–Crippen LogP) is -0.157. The van der Waals surface area contributed by atoms with E-state index in [1.54, 1.807) is 6.20 Å². The van der Waals surface area contributed by atoms with E-state index in [1.807, 2.05) is 24.3 Å². The number of hydrogen-bond donors (Lipinski definition) is 6. The second-order valence-electron chi connectivity index (χ2n) is 8.76. The number of para-hydroxylation sites is 1. The van der Waals surface area contributed by atoms with Crippen LogP contribution in [0.2, 0.25) is 0 Å². The lowest BCUT2D eigenvalue weighted by Gasteiger charge is -2.28. The van der Waals surface area contributed by atoms with Crippen molar-refractivity contribution in [3.05, 3.63) is 36.0 Å². The lowest BCUT2D eigenvalue weighted by atomic mass is 10.0. The van der Waals surface area contributed by atoms with Crippen molar-refractivity contribution in [1.29, 1.82) is 0 Å². The number of fused-ring (bicyclic) bond motifs is 1. The summed E-state index contributed by atoms with van der Waals surface area (Å²) in [5, 5.41) is 15.9. The molecule has 0 bridgehead atoms. The molecule has 0 aliphatic carbocycles. The van der Waals surface area contributed by atoms with E-state index >= 15 is 0 Å². The molecule has 8 N–H and O–H groups in total. The van der Waals surface area contributed by atoms with E-state index in [0.29, 0.717) is 45.2 Å². The molecule has 2 heterocycles. The Morgan fingerprint density at radius 1 is 1.11 bits per heavy atom. The summed E-state index contributed by atoms with van der Waals surface area (Å²) in [7, 11) is 0. The van der Waals surface area contributed by atoms with Crippen molar-refractivity contribution in [2.75, 3.05) is 19.6 Å². The van der Waals surface area contributed by atoms with Crippen molar-refractivity contribution in [2.45, 2.75) is 56.7 Å². The summed E-state index contributed by atoms with van der Waals surface area (Å²) < 4.78 is 0. The lowest BCUT2D eigenvalue weighted by Crippen LogP contribution is -2.56. The fourth-order valence-corrected chi connectivity index (χ4v) is 4.50. The minimum atomic E-state index is -1.07. The van der Waals surface area contributed by atoms with Crippen LogP contribution in [-0.4, -0.2) is 76.4 Å². The maximum Gasteiger partial charge on any atom is 0.326 e. The summed E-state index contributed by atoms with van der Waals surface area (Å²) in [6.07, 6.45) is 4.50. The standard InChI is InChI=1S/C24H34N6O5/c25-10-4-3-8-18(28-21(31)13-26)22(32)29-19(23(33)30-11-5-9-20(30)24(34)35)12-15-14-27-17-7-2-1-6-16(15)17/h1-2,6-7,14,18-20,27H,3-5,8-13,25-26H2,(H,28,31)(H,29,32)(H,34,35). The molecule has 190 valence electrons. The maximum atomic E-state index is 13.5. The summed E-state index contributed by atoms with van der Waals surface area (Å²) in [5.41, 5.74) is 12.7. The SMILES string of the molecule is NCCCCC(NC(=O)CN)C(=O)NC(Cc1c[nH]c2ccccc12)C(=O)N1CCCC1C(=O)O. The van der Waals surface area contributed by atoms with Gasteiger partial charge in [0.1, 0.15) is 18.1 Å². The summed E-state index contributed by atoms with van der Waals surface area (Å²) in [4.78, 5) is 54.9. The number of aromatic amines is 1. The number of likely N-dealkylation sites (tertiary alicyclic amines) is 1. The van der Waals surface area contributed by atoms with Crippen molar-refractivity contribution in [3.8, 4) is 0 Å². The number of nitrogens with one attached hydrogen (secondary N) is 3. The summed E-state index contributed by atoms with van der Waals surface area (Å²) in [6, 6.07) is 4.77. The number of carboxylic acid groups (broad SMARTS) is 1. The Hall–Kier alpha value is -3.44. The number of H-pyrrole nitrogens is 1. The molecule has 11 heteroatoms. The molecule has 3 atom stereocenters. The summed E-state index contributed by atoms with van der Waals surface area (Å²) in [5.74, 6) is -2.53. The third-order valence-corrected chi connectivity index (χ3v) is 6.32. The van der Waals surface area contributed by atoms with Crippen LogP contribution in [0, 0.1) is 0 Å². The maximum absolute atomic E-state index is 13.5. The Morgan fingerprint density at radius 2 is 1.89 bits per heavy atom. The number of nitrogens with two attached hydrogens (primary N) is 2. The van der Waals surface area contributed by atoms with Crippen LogP contribution >= 0.6 is 0 Å². The van der Waals surface area contributed by atoms with Gasteiger partial charge in [0, 0.05) is 30.1 Å². The topological polar surface area (TPSA) is 184 Å². The first kappa shape index (κ1) is 26.2. The largest absolute Gasteiger partial charge is 0.480 e. The number of unbranched alkanes of at least 4 members (excludes halogenated alkanes) is 1. The van der Waals surface area contributed by atoms with Crippen LogP contribution in [0.3, 0.4) is 0 Å². The van der Waals surface area contributed by atoms with Gasteiger partial charge in [-0.2, -0.15) is 0 Å². The van der Waals surface area contributed by atoms with Gasteiger partial charge in [-0.15, -0.1) is 0 Å². The molecule has 1 aliphatic rings. The number of carboxylic acids is 1. The molecule has 11 nitrogen and oxygen atoms in total.